The molecule has 3 aliphatic heterocycles. The van der Waals surface area contributed by atoms with E-state index in [1.54, 1.807) is 4.90 Å². The molecule has 0 bridgehead atoms. The van der Waals surface area contributed by atoms with Crippen molar-refractivity contribution in [3.8, 4) is 0 Å². The van der Waals surface area contributed by atoms with E-state index >= 15 is 0 Å². The molecular weight excluding hydrogens is 454 g/mol. The highest BCUT2D eigenvalue weighted by atomic mass is 32.2. The first kappa shape index (κ1) is 23.8. The van der Waals surface area contributed by atoms with Gasteiger partial charge in [-0.05, 0) is 6.07 Å². The quantitative estimate of drug-likeness (QED) is 0.392. The van der Waals surface area contributed by atoms with E-state index in [4.69, 9.17) is 9.47 Å². The monoisotopic (exact) mass is 483 g/mol. The summed E-state index contributed by atoms with van der Waals surface area (Å²) < 4.78 is 38.6. The molecule has 3 fully saturated rings. The summed E-state index contributed by atoms with van der Waals surface area (Å²) in [7, 11) is -3.92. The number of piperazine rings is 1. The molecule has 0 aliphatic carbocycles. The highest BCUT2D eigenvalue weighted by molar-refractivity contribution is 7.89. The molecule has 1 aromatic rings. The van der Waals surface area contributed by atoms with E-state index in [1.165, 1.54) is 16.4 Å². The number of carbonyl (C=O) groups is 1. The van der Waals surface area contributed by atoms with E-state index in [1.807, 2.05) is 4.90 Å². The summed E-state index contributed by atoms with van der Waals surface area (Å²) in [4.78, 5) is 29.0. The molecule has 3 saturated heterocycles. The maximum atomic E-state index is 13.4. The fourth-order valence-corrected chi connectivity index (χ4v) is 5.90. The zero-order chi connectivity index (χ0) is 23.4. The lowest BCUT2D eigenvalue weighted by molar-refractivity contribution is -0.385. The van der Waals surface area contributed by atoms with E-state index < -0.39 is 14.9 Å². The minimum absolute atomic E-state index is 0.0588. The van der Waals surface area contributed by atoms with Gasteiger partial charge in [0, 0.05) is 64.5 Å². The summed E-state index contributed by atoms with van der Waals surface area (Å²) in [5, 5.41) is 11.3. The van der Waals surface area contributed by atoms with Crippen molar-refractivity contribution in [1.82, 2.24) is 14.1 Å². The van der Waals surface area contributed by atoms with Gasteiger partial charge in [-0.15, -0.1) is 0 Å². The van der Waals surface area contributed by atoms with Gasteiger partial charge in [-0.1, -0.05) is 0 Å². The normalized spacial score (nSPS) is 21.2. The Bertz CT molecular complexity index is 969. The van der Waals surface area contributed by atoms with Gasteiger partial charge in [0.2, 0.25) is 15.9 Å². The first-order chi connectivity index (χ1) is 15.9. The standard InChI is InChI=1S/C20H29N5O7S/c26-20(23-7-11-31-12-8-23)16-21-3-5-22(6-4-21)18-2-1-17(25(27)28)15-19(18)33(29,30)24-9-13-32-14-10-24/h1-2,15H,3-14,16H2. The van der Waals surface area contributed by atoms with Crippen LogP contribution >= 0.6 is 0 Å². The number of nitro benzene ring substituents is 1. The Morgan fingerprint density at radius 1 is 0.939 bits per heavy atom. The van der Waals surface area contributed by atoms with Crippen molar-refractivity contribution in [1.29, 1.82) is 0 Å². The van der Waals surface area contributed by atoms with Crippen molar-refractivity contribution < 1.29 is 27.6 Å². The third kappa shape index (κ3) is 5.44. The topological polar surface area (TPSA) is 126 Å². The lowest BCUT2D eigenvalue weighted by Crippen LogP contribution is -2.52. The Morgan fingerprint density at radius 2 is 1.55 bits per heavy atom. The number of anilines is 1. The van der Waals surface area contributed by atoms with Crippen LogP contribution in [0.4, 0.5) is 11.4 Å². The molecule has 182 valence electrons. The molecule has 13 heteroatoms. The summed E-state index contributed by atoms with van der Waals surface area (Å²) in [5.74, 6) is 0.0673. The average Bonchev–Trinajstić information content (AvgIpc) is 2.85. The minimum Gasteiger partial charge on any atom is -0.379 e. The minimum atomic E-state index is -3.92. The van der Waals surface area contributed by atoms with Gasteiger partial charge < -0.3 is 19.3 Å². The first-order valence-corrected chi connectivity index (χ1v) is 12.5. The molecule has 1 amide bonds. The van der Waals surface area contributed by atoms with Crippen molar-refractivity contribution in [2.45, 2.75) is 4.90 Å². The lowest BCUT2D eigenvalue weighted by Gasteiger charge is -2.38. The van der Waals surface area contributed by atoms with Crippen LogP contribution in [0.5, 0.6) is 0 Å². The van der Waals surface area contributed by atoms with Gasteiger partial charge in [-0.3, -0.25) is 19.8 Å². The zero-order valence-corrected chi connectivity index (χ0v) is 19.2. The number of amides is 1. The zero-order valence-electron chi connectivity index (χ0n) is 18.4. The fourth-order valence-electron chi connectivity index (χ4n) is 4.26. The number of morpholine rings is 2. The summed E-state index contributed by atoms with van der Waals surface area (Å²) in [6.07, 6.45) is 0. The Labute approximate surface area is 192 Å². The summed E-state index contributed by atoms with van der Waals surface area (Å²) in [5.41, 5.74) is 0.187. The van der Waals surface area contributed by atoms with Crippen molar-refractivity contribution in [2.24, 2.45) is 0 Å². The van der Waals surface area contributed by atoms with E-state index in [0.29, 0.717) is 77.9 Å². The van der Waals surface area contributed by atoms with Crippen molar-refractivity contribution in [3.63, 3.8) is 0 Å². The van der Waals surface area contributed by atoms with Crippen molar-refractivity contribution in [3.05, 3.63) is 28.3 Å². The van der Waals surface area contributed by atoms with Crippen LogP contribution in [0.2, 0.25) is 0 Å². The average molecular weight is 484 g/mol. The van der Waals surface area contributed by atoms with Crippen LogP contribution in [0.15, 0.2) is 23.1 Å². The van der Waals surface area contributed by atoms with Gasteiger partial charge in [0.15, 0.2) is 0 Å². The number of hydrogen-bond donors (Lipinski definition) is 0. The molecule has 1 aromatic carbocycles. The molecule has 0 radical (unpaired) electrons. The molecule has 0 spiro atoms. The highest BCUT2D eigenvalue weighted by Crippen LogP contribution is 2.32. The summed E-state index contributed by atoms with van der Waals surface area (Å²) >= 11 is 0. The van der Waals surface area contributed by atoms with E-state index in [-0.39, 0.29) is 29.6 Å². The predicted octanol–water partition coefficient (Wildman–Crippen LogP) is -0.403. The van der Waals surface area contributed by atoms with Crippen LogP contribution in [0, 0.1) is 10.1 Å². The number of ether oxygens (including phenoxy) is 2. The number of non-ortho nitro benzene ring substituents is 1. The van der Waals surface area contributed by atoms with E-state index in [2.05, 4.69) is 4.90 Å². The molecule has 0 aromatic heterocycles. The van der Waals surface area contributed by atoms with Crippen LogP contribution in [-0.4, -0.2) is 119 Å². The second kappa shape index (κ2) is 10.3. The largest absolute Gasteiger partial charge is 0.379 e. The number of carbonyl (C=O) groups excluding carboxylic acids is 1. The van der Waals surface area contributed by atoms with Crippen molar-refractivity contribution in [2.75, 3.05) is 90.2 Å². The van der Waals surface area contributed by atoms with Gasteiger partial charge in [-0.2, -0.15) is 4.31 Å². The number of rotatable bonds is 6. The second-order valence-electron chi connectivity index (χ2n) is 8.18. The van der Waals surface area contributed by atoms with Crippen LogP contribution in [0.25, 0.3) is 0 Å². The number of hydrogen-bond acceptors (Lipinski definition) is 9. The fraction of sp³-hybridized carbons (Fsp3) is 0.650. The number of nitro groups is 1. The smallest absolute Gasteiger partial charge is 0.270 e. The molecule has 0 atom stereocenters. The first-order valence-electron chi connectivity index (χ1n) is 11.1. The van der Waals surface area contributed by atoms with Gasteiger partial charge in [0.05, 0.1) is 43.6 Å². The van der Waals surface area contributed by atoms with E-state index in [0.717, 1.165) is 6.07 Å². The Morgan fingerprint density at radius 3 is 2.15 bits per heavy atom. The Balaban J connectivity index is 1.48. The van der Waals surface area contributed by atoms with E-state index in [9.17, 15) is 23.3 Å². The second-order valence-corrected chi connectivity index (χ2v) is 10.1. The third-order valence-electron chi connectivity index (χ3n) is 6.18. The predicted molar refractivity (Wildman–Crippen MR) is 119 cm³/mol. The third-order valence-corrected chi connectivity index (χ3v) is 8.11. The van der Waals surface area contributed by atoms with Gasteiger partial charge >= 0.3 is 0 Å². The number of sulfonamides is 1. The molecule has 4 rings (SSSR count). The molecular formula is C20H29N5O7S. The lowest BCUT2D eigenvalue weighted by atomic mass is 10.2. The van der Waals surface area contributed by atoms with Gasteiger partial charge in [0.1, 0.15) is 4.90 Å². The van der Waals surface area contributed by atoms with Gasteiger partial charge in [0.25, 0.3) is 5.69 Å². The molecule has 33 heavy (non-hydrogen) atoms. The van der Waals surface area contributed by atoms with Crippen LogP contribution in [0.3, 0.4) is 0 Å². The summed E-state index contributed by atoms with van der Waals surface area (Å²) in [6, 6.07) is 4.00. The summed E-state index contributed by atoms with van der Waals surface area (Å²) in [6.45, 7) is 5.83. The Kier molecular flexibility index (Phi) is 7.44. The SMILES string of the molecule is O=C(CN1CCN(c2ccc([N+](=O)[O-])cc2S(=O)(=O)N2CCOCC2)CC1)N1CCOCC1. The van der Waals surface area contributed by atoms with Crippen LogP contribution in [0.1, 0.15) is 0 Å². The van der Waals surface area contributed by atoms with Crippen LogP contribution in [-0.2, 0) is 24.3 Å². The molecule has 3 heterocycles. The molecule has 0 saturated carbocycles. The van der Waals surface area contributed by atoms with Crippen LogP contribution < -0.4 is 4.90 Å². The number of benzene rings is 1. The molecule has 12 nitrogen and oxygen atoms in total. The number of nitrogens with zero attached hydrogens (tertiary/aromatic N) is 5. The van der Waals surface area contributed by atoms with Crippen molar-refractivity contribution >= 4 is 27.3 Å². The van der Waals surface area contributed by atoms with Gasteiger partial charge in [-0.25, -0.2) is 8.42 Å². The molecule has 0 N–H and O–H groups in total. The highest BCUT2D eigenvalue weighted by Gasteiger charge is 2.33. The Hall–Kier alpha value is -2.32. The maximum Gasteiger partial charge on any atom is 0.270 e. The maximum absolute atomic E-state index is 13.4. The molecule has 3 aliphatic rings. The molecule has 0 unspecified atom stereocenters.